The molecular weight excluding hydrogens is 532 g/mol. The average Bonchev–Trinajstić information content (AvgIpc) is 2.46. The summed E-state index contributed by atoms with van der Waals surface area (Å²) in [4.78, 5) is 23.5. The molecule has 2 amide bonds. The Morgan fingerprint density at radius 1 is 1.26 bits per heavy atom. The molecule has 0 bridgehead atoms. The number of amides is 2. The van der Waals surface area contributed by atoms with Gasteiger partial charge in [0.2, 0.25) is 0 Å². The lowest BCUT2D eigenvalue weighted by Crippen LogP contribution is -2.37. The fourth-order valence-corrected chi connectivity index (χ4v) is 4.85. The monoisotopic (exact) mass is 547 g/mol. The Morgan fingerprint density at radius 2 is 1.87 bits per heavy atom. The SMILES string of the molecule is NC(=O)c1c(I)c2c(c(C(N)=O)c1I)OC(CC(O)CO)CN2. The molecule has 8 nitrogen and oxygen atoms in total. The van der Waals surface area contributed by atoms with Gasteiger partial charge in [-0.3, -0.25) is 9.59 Å². The summed E-state index contributed by atoms with van der Waals surface area (Å²) in [5.74, 6) is -1.17. The quantitative estimate of drug-likeness (QED) is 0.329. The van der Waals surface area contributed by atoms with Gasteiger partial charge in [-0.1, -0.05) is 0 Å². The van der Waals surface area contributed by atoms with Crippen LogP contribution in [0.3, 0.4) is 0 Å². The number of ether oxygens (including phenoxy) is 1. The van der Waals surface area contributed by atoms with Gasteiger partial charge >= 0.3 is 0 Å². The van der Waals surface area contributed by atoms with Crippen molar-refractivity contribution < 1.29 is 24.5 Å². The van der Waals surface area contributed by atoms with Crippen LogP contribution in [-0.4, -0.2) is 47.4 Å². The highest BCUT2D eigenvalue weighted by Gasteiger charge is 2.32. The van der Waals surface area contributed by atoms with Crippen molar-refractivity contribution in [3.8, 4) is 5.75 Å². The number of hydrogen-bond acceptors (Lipinski definition) is 6. The molecule has 1 aromatic carbocycles. The first-order valence-electron chi connectivity index (χ1n) is 6.61. The Hall–Kier alpha value is -0.860. The van der Waals surface area contributed by atoms with Crippen LogP contribution >= 0.6 is 45.2 Å². The van der Waals surface area contributed by atoms with E-state index >= 15 is 0 Å². The maximum atomic E-state index is 11.8. The van der Waals surface area contributed by atoms with E-state index in [1.54, 1.807) is 0 Å². The molecular formula is C13H15I2N3O5. The number of anilines is 1. The summed E-state index contributed by atoms with van der Waals surface area (Å²) in [6, 6.07) is 0. The van der Waals surface area contributed by atoms with Gasteiger partial charge in [0.05, 0.1) is 39.6 Å². The van der Waals surface area contributed by atoms with Gasteiger partial charge in [0.15, 0.2) is 5.75 Å². The standard InChI is InChI=1S/C13H15I2N3O5/c14-8-6(12(16)21)9(15)10-11(7(8)13(17)22)23-5(2-18-10)1-4(20)3-19/h4-5,18-20H,1-3H2,(H2,16,21)(H2,17,22). The smallest absolute Gasteiger partial charge is 0.253 e. The number of carbonyl (C=O) groups excluding carboxylic acids is 2. The largest absolute Gasteiger partial charge is 0.485 e. The molecule has 0 saturated heterocycles. The summed E-state index contributed by atoms with van der Waals surface area (Å²) in [6.45, 7) is -0.0395. The van der Waals surface area contributed by atoms with Gasteiger partial charge in [-0.25, -0.2) is 0 Å². The molecule has 0 aliphatic carbocycles. The van der Waals surface area contributed by atoms with Gasteiger partial charge in [-0.05, 0) is 45.2 Å². The highest BCUT2D eigenvalue weighted by Crippen LogP contribution is 2.42. The normalized spacial score (nSPS) is 17.7. The van der Waals surface area contributed by atoms with Crippen LogP contribution in [0.1, 0.15) is 27.1 Å². The summed E-state index contributed by atoms with van der Waals surface area (Å²) >= 11 is 3.79. The second kappa shape index (κ2) is 7.36. The van der Waals surface area contributed by atoms with Crippen molar-refractivity contribution >= 4 is 62.7 Å². The van der Waals surface area contributed by atoms with E-state index in [9.17, 15) is 14.7 Å². The van der Waals surface area contributed by atoms with Crippen LogP contribution in [0.5, 0.6) is 5.75 Å². The minimum Gasteiger partial charge on any atom is -0.485 e. The molecule has 1 aliphatic heterocycles. The molecule has 0 radical (unpaired) electrons. The number of carbonyl (C=O) groups is 2. The van der Waals surface area contributed by atoms with E-state index in [4.69, 9.17) is 21.3 Å². The number of aliphatic hydroxyl groups is 2. The van der Waals surface area contributed by atoms with Gasteiger partial charge in [-0.15, -0.1) is 0 Å². The Labute approximate surface area is 159 Å². The lowest BCUT2D eigenvalue weighted by molar-refractivity contribution is 0.0515. The van der Waals surface area contributed by atoms with Crippen LogP contribution in [0.2, 0.25) is 0 Å². The molecule has 2 atom stereocenters. The molecule has 0 spiro atoms. The molecule has 1 aliphatic rings. The number of hydrogen-bond donors (Lipinski definition) is 5. The minimum absolute atomic E-state index is 0.0745. The van der Waals surface area contributed by atoms with Crippen LogP contribution in [0.25, 0.3) is 0 Å². The van der Waals surface area contributed by atoms with Crippen LogP contribution < -0.4 is 21.5 Å². The fraction of sp³-hybridized carbons (Fsp3) is 0.385. The lowest BCUT2D eigenvalue weighted by Gasteiger charge is -2.31. The van der Waals surface area contributed by atoms with Crippen molar-refractivity contribution in [3.05, 3.63) is 18.3 Å². The number of primary amides is 2. The molecule has 1 aromatic rings. The predicted octanol–water partition coefficient (Wildman–Crippen LogP) is 0.00980. The first-order valence-corrected chi connectivity index (χ1v) is 8.77. The molecule has 2 unspecified atom stereocenters. The molecule has 0 saturated carbocycles. The van der Waals surface area contributed by atoms with E-state index < -0.39 is 24.0 Å². The van der Waals surface area contributed by atoms with Crippen molar-refractivity contribution in [2.75, 3.05) is 18.5 Å². The molecule has 23 heavy (non-hydrogen) atoms. The molecule has 2 rings (SSSR count). The molecule has 0 aromatic heterocycles. The van der Waals surface area contributed by atoms with Crippen LogP contribution in [0.4, 0.5) is 5.69 Å². The average molecular weight is 547 g/mol. The number of rotatable bonds is 5. The third-order valence-corrected chi connectivity index (χ3v) is 5.52. The second-order valence-electron chi connectivity index (χ2n) is 5.00. The number of nitrogens with two attached hydrogens (primary N) is 2. The minimum atomic E-state index is -0.927. The van der Waals surface area contributed by atoms with E-state index in [2.05, 4.69) is 5.32 Å². The Bertz CT molecular complexity index is 668. The van der Waals surface area contributed by atoms with Crippen molar-refractivity contribution in [2.45, 2.75) is 18.6 Å². The number of fused-ring (bicyclic) bond motifs is 1. The highest BCUT2D eigenvalue weighted by molar-refractivity contribution is 14.1. The summed E-state index contributed by atoms with van der Waals surface area (Å²) in [5.41, 5.74) is 11.6. The molecule has 126 valence electrons. The van der Waals surface area contributed by atoms with E-state index in [0.717, 1.165) is 0 Å². The first-order chi connectivity index (χ1) is 10.8. The second-order valence-corrected chi connectivity index (χ2v) is 7.16. The molecule has 10 heteroatoms. The van der Waals surface area contributed by atoms with Gasteiger partial charge in [-0.2, -0.15) is 0 Å². The zero-order valence-corrected chi connectivity index (χ0v) is 16.1. The van der Waals surface area contributed by atoms with Gasteiger partial charge in [0.25, 0.3) is 11.8 Å². The van der Waals surface area contributed by atoms with Crippen LogP contribution in [-0.2, 0) is 0 Å². The predicted molar refractivity (Wildman–Crippen MR) is 99.5 cm³/mol. The van der Waals surface area contributed by atoms with Gasteiger partial charge in [0, 0.05) is 9.99 Å². The van der Waals surface area contributed by atoms with E-state index in [1.165, 1.54) is 0 Å². The highest BCUT2D eigenvalue weighted by atomic mass is 127. The Morgan fingerprint density at radius 3 is 2.39 bits per heavy atom. The van der Waals surface area contributed by atoms with Crippen molar-refractivity contribution in [2.24, 2.45) is 11.5 Å². The number of benzene rings is 1. The van der Waals surface area contributed by atoms with Crippen molar-refractivity contribution in [3.63, 3.8) is 0 Å². The summed E-state index contributed by atoms with van der Waals surface area (Å²) < 4.78 is 6.67. The number of aliphatic hydroxyl groups excluding tert-OH is 2. The zero-order chi connectivity index (χ0) is 17.3. The fourth-order valence-electron chi connectivity index (χ4n) is 2.32. The maximum absolute atomic E-state index is 11.8. The Balaban J connectivity index is 2.54. The first kappa shape index (κ1) is 18.5. The zero-order valence-electron chi connectivity index (χ0n) is 11.8. The van der Waals surface area contributed by atoms with Crippen LogP contribution in [0.15, 0.2) is 0 Å². The topological polar surface area (TPSA) is 148 Å². The third kappa shape index (κ3) is 3.64. The lowest BCUT2D eigenvalue weighted by atomic mass is 10.0. The van der Waals surface area contributed by atoms with E-state index in [0.29, 0.717) is 19.4 Å². The van der Waals surface area contributed by atoms with E-state index in [1.807, 2.05) is 45.2 Å². The third-order valence-electron chi connectivity index (χ3n) is 3.36. The van der Waals surface area contributed by atoms with Crippen LogP contribution in [0, 0.1) is 7.14 Å². The maximum Gasteiger partial charge on any atom is 0.253 e. The number of halogens is 2. The summed E-state index contributed by atoms with van der Waals surface area (Å²) in [6.07, 6.45) is -1.19. The summed E-state index contributed by atoms with van der Waals surface area (Å²) in [5, 5.41) is 21.6. The molecule has 7 N–H and O–H groups in total. The molecule has 0 fully saturated rings. The van der Waals surface area contributed by atoms with Gasteiger partial charge in [0.1, 0.15) is 6.10 Å². The summed E-state index contributed by atoms with van der Waals surface area (Å²) in [7, 11) is 0. The number of nitrogens with one attached hydrogen (secondary N) is 1. The molecule has 1 heterocycles. The van der Waals surface area contributed by atoms with Gasteiger partial charge < -0.3 is 31.7 Å². The Kier molecular flexibility index (Phi) is 5.91. The van der Waals surface area contributed by atoms with Crippen molar-refractivity contribution in [1.29, 1.82) is 0 Å². The van der Waals surface area contributed by atoms with Crippen molar-refractivity contribution in [1.82, 2.24) is 0 Å². The van der Waals surface area contributed by atoms with E-state index in [-0.39, 0.29) is 29.9 Å².